The number of piperidine rings is 1. The van der Waals surface area contributed by atoms with Crippen molar-refractivity contribution in [1.82, 2.24) is 5.32 Å². The number of nitrogens with one attached hydrogen (secondary N) is 1. The van der Waals surface area contributed by atoms with Crippen LogP contribution in [0.5, 0.6) is 11.5 Å². The first-order valence-electron chi connectivity index (χ1n) is 11.1. The zero-order valence-corrected chi connectivity index (χ0v) is 20.2. The highest BCUT2D eigenvalue weighted by Gasteiger charge is 2.27. The molecule has 5 nitrogen and oxygen atoms in total. The fraction of sp³-hybridized carbons (Fsp3) is 0.296. The zero-order chi connectivity index (χ0) is 23.0. The molecule has 172 valence electrons. The fourth-order valence-corrected chi connectivity index (χ4v) is 4.27. The van der Waals surface area contributed by atoms with Gasteiger partial charge in [0.15, 0.2) is 12.4 Å². The minimum absolute atomic E-state index is 0.0151. The lowest BCUT2D eigenvalue weighted by atomic mass is 9.87. The van der Waals surface area contributed by atoms with Gasteiger partial charge in [0.05, 0.1) is 19.8 Å². The van der Waals surface area contributed by atoms with Gasteiger partial charge in [-0.15, -0.1) is 0 Å². The SMILES string of the molecule is COc1cccc(C(=O)COc2ccc([C@H]3CCNC[C@@H]3OCc3ccc(Br)cc3)cc2)c1. The van der Waals surface area contributed by atoms with Gasteiger partial charge in [-0.25, -0.2) is 0 Å². The number of hydrogen-bond acceptors (Lipinski definition) is 5. The van der Waals surface area contributed by atoms with E-state index in [0.29, 0.717) is 29.6 Å². The maximum Gasteiger partial charge on any atom is 0.200 e. The number of Topliss-reactive ketones (excluding diaryl/α,β-unsaturated/α-hetero) is 1. The molecule has 0 unspecified atom stereocenters. The first-order valence-corrected chi connectivity index (χ1v) is 11.9. The van der Waals surface area contributed by atoms with Crippen LogP contribution in [0.1, 0.15) is 33.8 Å². The number of benzene rings is 3. The number of carbonyl (C=O) groups is 1. The van der Waals surface area contributed by atoms with Crippen molar-refractivity contribution in [2.24, 2.45) is 0 Å². The lowest BCUT2D eigenvalue weighted by Gasteiger charge is -2.32. The van der Waals surface area contributed by atoms with E-state index in [4.69, 9.17) is 14.2 Å². The van der Waals surface area contributed by atoms with E-state index >= 15 is 0 Å². The molecule has 4 rings (SSSR count). The Balaban J connectivity index is 1.34. The molecule has 1 aliphatic heterocycles. The zero-order valence-electron chi connectivity index (χ0n) is 18.6. The van der Waals surface area contributed by atoms with Gasteiger partial charge in [-0.1, -0.05) is 52.3 Å². The summed E-state index contributed by atoms with van der Waals surface area (Å²) in [6.45, 7) is 2.37. The topological polar surface area (TPSA) is 56.8 Å². The highest BCUT2D eigenvalue weighted by molar-refractivity contribution is 9.10. The molecule has 1 fully saturated rings. The van der Waals surface area contributed by atoms with E-state index in [2.05, 4.69) is 45.5 Å². The third kappa shape index (κ3) is 6.44. The molecular formula is C27H28BrNO4. The molecule has 0 aromatic heterocycles. The maximum absolute atomic E-state index is 12.4. The van der Waals surface area contributed by atoms with Crippen LogP contribution < -0.4 is 14.8 Å². The number of ether oxygens (including phenoxy) is 3. The standard InChI is InChI=1S/C27H28BrNO4/c1-31-24-4-2-3-21(15-24)26(30)18-32-23-11-7-20(8-12-23)25-13-14-29-16-27(25)33-17-19-5-9-22(28)10-6-19/h2-12,15,25,27,29H,13-14,16-18H2,1H3/t25-,27+/m1/s1. The molecule has 33 heavy (non-hydrogen) atoms. The number of ketones is 1. The Morgan fingerprint density at radius 3 is 2.58 bits per heavy atom. The molecule has 0 spiro atoms. The summed E-state index contributed by atoms with van der Waals surface area (Å²) in [6.07, 6.45) is 1.11. The van der Waals surface area contributed by atoms with Crippen LogP contribution in [0.3, 0.4) is 0 Å². The van der Waals surface area contributed by atoms with Crippen LogP contribution >= 0.6 is 15.9 Å². The van der Waals surface area contributed by atoms with Gasteiger partial charge in [0.1, 0.15) is 11.5 Å². The molecule has 6 heteroatoms. The van der Waals surface area contributed by atoms with Crippen molar-refractivity contribution in [3.63, 3.8) is 0 Å². The second-order valence-electron chi connectivity index (χ2n) is 8.09. The van der Waals surface area contributed by atoms with Crippen LogP contribution in [-0.2, 0) is 11.3 Å². The second kappa shape index (κ2) is 11.5. The molecule has 0 saturated carbocycles. The number of rotatable bonds is 9. The largest absolute Gasteiger partial charge is 0.497 e. The van der Waals surface area contributed by atoms with Gasteiger partial charge in [0.2, 0.25) is 0 Å². The lowest BCUT2D eigenvalue weighted by Crippen LogP contribution is -2.40. The monoisotopic (exact) mass is 509 g/mol. The fourth-order valence-electron chi connectivity index (χ4n) is 4.01. The molecule has 3 aromatic rings. The van der Waals surface area contributed by atoms with Crippen LogP contribution in [0.4, 0.5) is 0 Å². The summed E-state index contributed by atoms with van der Waals surface area (Å²) in [7, 11) is 1.58. The lowest BCUT2D eigenvalue weighted by molar-refractivity contribution is 0.0106. The Labute approximate surface area is 203 Å². The molecule has 1 heterocycles. The van der Waals surface area contributed by atoms with Gasteiger partial charge >= 0.3 is 0 Å². The molecular weight excluding hydrogens is 482 g/mol. The van der Waals surface area contributed by atoms with Crippen molar-refractivity contribution < 1.29 is 19.0 Å². The van der Waals surface area contributed by atoms with Crippen LogP contribution in [0.15, 0.2) is 77.3 Å². The minimum atomic E-state index is -0.0854. The van der Waals surface area contributed by atoms with E-state index in [1.54, 1.807) is 25.3 Å². The third-order valence-electron chi connectivity index (χ3n) is 5.87. The minimum Gasteiger partial charge on any atom is -0.497 e. The first kappa shape index (κ1) is 23.5. The summed E-state index contributed by atoms with van der Waals surface area (Å²) in [4.78, 5) is 12.4. The van der Waals surface area contributed by atoms with Crippen LogP contribution in [-0.4, -0.2) is 38.7 Å². The van der Waals surface area contributed by atoms with E-state index in [-0.39, 0.29) is 18.5 Å². The summed E-state index contributed by atoms with van der Waals surface area (Å²) in [5.41, 5.74) is 2.96. The van der Waals surface area contributed by atoms with Crippen LogP contribution in [0, 0.1) is 0 Å². The van der Waals surface area contributed by atoms with E-state index < -0.39 is 0 Å². The predicted molar refractivity (Wildman–Crippen MR) is 132 cm³/mol. The van der Waals surface area contributed by atoms with Gasteiger partial charge in [-0.05, 0) is 60.5 Å². The summed E-state index contributed by atoms with van der Waals surface area (Å²) < 4.78 is 18.3. The molecule has 0 aliphatic carbocycles. The Hall–Kier alpha value is -2.67. The van der Waals surface area contributed by atoms with Gasteiger partial charge in [0.25, 0.3) is 0 Å². The van der Waals surface area contributed by atoms with Crippen molar-refractivity contribution in [1.29, 1.82) is 0 Å². The van der Waals surface area contributed by atoms with Gasteiger partial charge in [0, 0.05) is 22.5 Å². The maximum atomic E-state index is 12.4. The molecule has 3 aromatic carbocycles. The average molecular weight is 510 g/mol. The summed E-state index contributed by atoms with van der Waals surface area (Å²) in [5.74, 6) is 1.56. The molecule has 0 amide bonds. The third-order valence-corrected chi connectivity index (χ3v) is 6.40. The van der Waals surface area contributed by atoms with E-state index in [1.807, 2.05) is 30.3 Å². The highest BCUT2D eigenvalue weighted by atomic mass is 79.9. The number of hydrogen-bond donors (Lipinski definition) is 1. The second-order valence-corrected chi connectivity index (χ2v) is 9.00. The van der Waals surface area contributed by atoms with Crippen molar-refractivity contribution >= 4 is 21.7 Å². The normalized spacial score (nSPS) is 18.0. The molecule has 1 aliphatic rings. The average Bonchev–Trinajstić information content (AvgIpc) is 2.87. The van der Waals surface area contributed by atoms with Crippen molar-refractivity contribution in [2.45, 2.75) is 25.0 Å². The molecule has 0 radical (unpaired) electrons. The summed E-state index contributed by atoms with van der Waals surface area (Å²) in [5, 5.41) is 3.44. The van der Waals surface area contributed by atoms with Crippen molar-refractivity contribution in [3.05, 3.63) is 94.0 Å². The highest BCUT2D eigenvalue weighted by Crippen LogP contribution is 2.30. The smallest absolute Gasteiger partial charge is 0.200 e. The molecule has 1 saturated heterocycles. The number of halogens is 1. The Morgan fingerprint density at radius 2 is 1.82 bits per heavy atom. The molecule has 1 N–H and O–H groups in total. The van der Waals surface area contributed by atoms with E-state index in [1.165, 1.54) is 5.56 Å². The van der Waals surface area contributed by atoms with Gasteiger partial charge in [-0.2, -0.15) is 0 Å². The van der Waals surface area contributed by atoms with Gasteiger partial charge < -0.3 is 19.5 Å². The van der Waals surface area contributed by atoms with Gasteiger partial charge in [-0.3, -0.25) is 4.79 Å². The summed E-state index contributed by atoms with van der Waals surface area (Å²) >= 11 is 3.47. The van der Waals surface area contributed by atoms with Crippen LogP contribution in [0.2, 0.25) is 0 Å². The molecule has 2 atom stereocenters. The first-order chi connectivity index (χ1) is 16.1. The molecule has 0 bridgehead atoms. The van der Waals surface area contributed by atoms with Crippen molar-refractivity contribution in [3.8, 4) is 11.5 Å². The number of methoxy groups -OCH3 is 1. The Bertz CT molecular complexity index is 1050. The Kier molecular flexibility index (Phi) is 8.15. The van der Waals surface area contributed by atoms with E-state index in [0.717, 1.165) is 29.5 Å². The van der Waals surface area contributed by atoms with Crippen molar-refractivity contribution in [2.75, 3.05) is 26.8 Å². The number of carbonyl (C=O) groups excluding carboxylic acids is 1. The predicted octanol–water partition coefficient (Wildman–Crippen LogP) is 5.38. The Morgan fingerprint density at radius 1 is 1.03 bits per heavy atom. The van der Waals surface area contributed by atoms with Crippen LogP contribution in [0.25, 0.3) is 0 Å². The summed E-state index contributed by atoms with van der Waals surface area (Å²) in [6, 6.07) is 23.4. The van der Waals surface area contributed by atoms with E-state index in [9.17, 15) is 4.79 Å². The quantitative estimate of drug-likeness (QED) is 0.392.